The van der Waals surface area contributed by atoms with Gasteiger partial charge >= 0.3 is 0 Å². The number of rotatable bonds is 9. The first-order chi connectivity index (χ1) is 18.0. The van der Waals surface area contributed by atoms with E-state index in [0.717, 1.165) is 66.5 Å². The highest BCUT2D eigenvalue weighted by Gasteiger charge is 2.28. The zero-order valence-corrected chi connectivity index (χ0v) is 21.7. The number of benzene rings is 2. The number of ether oxygens (including phenoxy) is 1. The van der Waals surface area contributed by atoms with Crippen LogP contribution >= 0.6 is 0 Å². The maximum atomic E-state index is 12.3. The third-order valence-electron chi connectivity index (χ3n) is 7.18. The van der Waals surface area contributed by atoms with Crippen molar-refractivity contribution >= 4 is 10.9 Å². The first-order valence-corrected chi connectivity index (χ1v) is 13.1. The predicted octanol–water partition coefficient (Wildman–Crippen LogP) is 5.41. The van der Waals surface area contributed by atoms with Gasteiger partial charge in [-0.2, -0.15) is 10.5 Å². The Kier molecular flexibility index (Phi) is 8.43. The van der Waals surface area contributed by atoms with Crippen LogP contribution in [0.15, 0.2) is 59.4 Å². The molecule has 0 saturated heterocycles. The summed E-state index contributed by atoms with van der Waals surface area (Å²) in [5.74, 6) is 0.581. The van der Waals surface area contributed by atoms with E-state index in [4.69, 9.17) is 4.74 Å². The summed E-state index contributed by atoms with van der Waals surface area (Å²) in [6.45, 7) is 7.56. The molecule has 3 aromatic rings. The van der Waals surface area contributed by atoms with Gasteiger partial charge in [0.2, 0.25) is 0 Å². The van der Waals surface area contributed by atoms with Gasteiger partial charge in [-0.3, -0.25) is 4.79 Å². The molecule has 0 saturated carbocycles. The van der Waals surface area contributed by atoms with E-state index in [-0.39, 0.29) is 5.56 Å². The molecule has 0 amide bonds. The molecule has 6 nitrogen and oxygen atoms in total. The number of pyridine rings is 1. The summed E-state index contributed by atoms with van der Waals surface area (Å²) in [4.78, 5) is 17.7. The molecule has 1 unspecified atom stereocenters. The number of aromatic nitrogens is 1. The van der Waals surface area contributed by atoms with Gasteiger partial charge in [-0.15, -0.1) is 0 Å². The van der Waals surface area contributed by atoms with Crippen LogP contribution in [0.4, 0.5) is 0 Å². The van der Waals surface area contributed by atoms with Crippen molar-refractivity contribution in [1.29, 1.82) is 10.5 Å². The van der Waals surface area contributed by atoms with E-state index >= 15 is 0 Å². The second-order valence-electron chi connectivity index (χ2n) is 9.93. The van der Waals surface area contributed by atoms with Crippen molar-refractivity contribution in [1.82, 2.24) is 9.88 Å². The smallest absolute Gasteiger partial charge is 0.251 e. The molecule has 1 N–H and O–H groups in total. The average Bonchev–Trinajstić information content (AvgIpc) is 3.19. The van der Waals surface area contributed by atoms with E-state index in [2.05, 4.69) is 34.2 Å². The first kappa shape index (κ1) is 26.2. The Morgan fingerprint density at radius 3 is 2.57 bits per heavy atom. The molecule has 0 aliphatic carbocycles. The number of aromatic amines is 1. The zero-order chi connectivity index (χ0) is 26.3. The fourth-order valence-electron chi connectivity index (χ4n) is 4.92. The number of H-pyrrole nitrogens is 1. The molecule has 2 heterocycles. The molecule has 0 fully saturated rings. The van der Waals surface area contributed by atoms with Crippen LogP contribution in [0, 0.1) is 22.7 Å². The minimum atomic E-state index is -0.828. The summed E-state index contributed by atoms with van der Waals surface area (Å²) >= 11 is 0. The summed E-state index contributed by atoms with van der Waals surface area (Å²) in [5.41, 5.74) is 2.74. The first-order valence-electron chi connectivity index (χ1n) is 13.1. The van der Waals surface area contributed by atoms with Crippen LogP contribution in [0.1, 0.15) is 55.4 Å². The molecule has 37 heavy (non-hydrogen) atoms. The van der Waals surface area contributed by atoms with Crippen LogP contribution in [0.3, 0.4) is 0 Å². The SMILES string of the molecule is CCc1cc2ccc(C(C)(C#N)Cc3ccc(OCCCN4CCC=CCC4)c(C#N)c3)cc2[nH]c1=O. The van der Waals surface area contributed by atoms with Crippen molar-refractivity contribution in [3.05, 3.63) is 87.2 Å². The molecule has 6 heteroatoms. The molecule has 190 valence electrons. The summed E-state index contributed by atoms with van der Waals surface area (Å²) in [6, 6.07) is 18.0. The Bertz CT molecular complexity index is 1420. The van der Waals surface area contributed by atoms with E-state index in [1.807, 2.05) is 56.3 Å². The lowest BCUT2D eigenvalue weighted by molar-refractivity contribution is 0.241. The predicted molar refractivity (Wildman–Crippen MR) is 147 cm³/mol. The highest BCUT2D eigenvalue weighted by molar-refractivity contribution is 5.80. The lowest BCUT2D eigenvalue weighted by atomic mass is 9.78. The van der Waals surface area contributed by atoms with Gasteiger partial charge < -0.3 is 14.6 Å². The third kappa shape index (κ3) is 6.28. The topological polar surface area (TPSA) is 92.9 Å². The van der Waals surface area contributed by atoms with Crippen LogP contribution in [-0.2, 0) is 18.3 Å². The Labute approximate surface area is 218 Å². The van der Waals surface area contributed by atoms with E-state index in [0.29, 0.717) is 30.8 Å². The molecule has 2 aromatic carbocycles. The molecule has 1 atom stereocenters. The number of fused-ring (bicyclic) bond motifs is 1. The number of hydrogen-bond donors (Lipinski definition) is 1. The monoisotopic (exact) mass is 494 g/mol. The number of nitrogens with zero attached hydrogens (tertiary/aromatic N) is 3. The summed E-state index contributed by atoms with van der Waals surface area (Å²) < 4.78 is 5.96. The maximum absolute atomic E-state index is 12.3. The highest BCUT2D eigenvalue weighted by Crippen LogP contribution is 2.31. The second-order valence-corrected chi connectivity index (χ2v) is 9.93. The van der Waals surface area contributed by atoms with Gasteiger partial charge in [0, 0.05) is 30.7 Å². The van der Waals surface area contributed by atoms with Gasteiger partial charge in [-0.05, 0) is 79.8 Å². The lowest BCUT2D eigenvalue weighted by Crippen LogP contribution is -2.27. The lowest BCUT2D eigenvalue weighted by Gasteiger charge is -2.23. The molecule has 0 bridgehead atoms. The molecule has 1 aliphatic rings. The minimum absolute atomic E-state index is 0.0940. The van der Waals surface area contributed by atoms with Crippen molar-refractivity contribution < 1.29 is 4.74 Å². The summed E-state index contributed by atoms with van der Waals surface area (Å²) in [6.07, 6.45) is 8.70. The van der Waals surface area contributed by atoms with Gasteiger partial charge in [-0.25, -0.2) is 0 Å². The Morgan fingerprint density at radius 2 is 1.86 bits per heavy atom. The largest absolute Gasteiger partial charge is 0.492 e. The fraction of sp³-hybridized carbons (Fsp3) is 0.387. The number of nitriles is 2. The van der Waals surface area contributed by atoms with Crippen LogP contribution in [0.25, 0.3) is 10.9 Å². The van der Waals surface area contributed by atoms with Gasteiger partial charge in [0.05, 0.1) is 23.7 Å². The van der Waals surface area contributed by atoms with Gasteiger partial charge in [-0.1, -0.05) is 37.3 Å². The van der Waals surface area contributed by atoms with Crippen LogP contribution in [0.5, 0.6) is 5.75 Å². The molecule has 1 aromatic heterocycles. The number of hydrogen-bond acceptors (Lipinski definition) is 5. The number of aryl methyl sites for hydroxylation is 1. The van der Waals surface area contributed by atoms with E-state index in [1.54, 1.807) is 0 Å². The average molecular weight is 495 g/mol. The van der Waals surface area contributed by atoms with E-state index in [9.17, 15) is 15.3 Å². The van der Waals surface area contributed by atoms with Crippen molar-refractivity contribution in [2.75, 3.05) is 26.2 Å². The fourth-order valence-corrected chi connectivity index (χ4v) is 4.92. The van der Waals surface area contributed by atoms with Gasteiger partial charge in [0.25, 0.3) is 5.56 Å². The molecule has 0 spiro atoms. The van der Waals surface area contributed by atoms with Crippen molar-refractivity contribution in [3.63, 3.8) is 0 Å². The number of nitrogens with one attached hydrogen (secondary N) is 1. The van der Waals surface area contributed by atoms with E-state index < -0.39 is 5.41 Å². The second kappa shape index (κ2) is 11.9. The molecule has 0 radical (unpaired) electrons. The highest BCUT2D eigenvalue weighted by atomic mass is 16.5. The quantitative estimate of drug-likeness (QED) is 0.317. The molecular weight excluding hydrogens is 460 g/mol. The van der Waals surface area contributed by atoms with Gasteiger partial charge in [0.1, 0.15) is 11.8 Å². The van der Waals surface area contributed by atoms with Crippen LogP contribution in [-0.4, -0.2) is 36.1 Å². The maximum Gasteiger partial charge on any atom is 0.251 e. The van der Waals surface area contributed by atoms with Crippen LogP contribution in [0.2, 0.25) is 0 Å². The van der Waals surface area contributed by atoms with Gasteiger partial charge in [0.15, 0.2) is 0 Å². The molecule has 1 aliphatic heterocycles. The standard InChI is InChI=1S/C31H34N4O2/c1-3-24-18-25-10-11-27(19-28(25)34-30(24)36)31(2,22-33)20-23-9-12-29(26(17-23)21-32)37-16-8-15-35-13-6-4-5-7-14-35/h4-5,9-12,17-19H,3,6-8,13-16,20H2,1-2H3,(H,34,36). The Morgan fingerprint density at radius 1 is 1.08 bits per heavy atom. The summed E-state index contributed by atoms with van der Waals surface area (Å²) in [7, 11) is 0. The normalized spacial score (nSPS) is 15.5. The molecular formula is C31H34N4O2. The minimum Gasteiger partial charge on any atom is -0.492 e. The summed E-state index contributed by atoms with van der Waals surface area (Å²) in [5, 5.41) is 20.8. The van der Waals surface area contributed by atoms with E-state index in [1.165, 1.54) is 0 Å². The molecule has 4 rings (SSSR count). The van der Waals surface area contributed by atoms with Crippen molar-refractivity contribution in [3.8, 4) is 17.9 Å². The van der Waals surface area contributed by atoms with Crippen LogP contribution < -0.4 is 10.3 Å². The Hall–Kier alpha value is -3.87. The van der Waals surface area contributed by atoms with Crippen molar-refractivity contribution in [2.45, 2.75) is 51.4 Å². The third-order valence-corrected chi connectivity index (χ3v) is 7.18. The zero-order valence-electron chi connectivity index (χ0n) is 21.7. The van der Waals surface area contributed by atoms with Crippen molar-refractivity contribution in [2.24, 2.45) is 0 Å². The Balaban J connectivity index is 1.45.